The van der Waals surface area contributed by atoms with Gasteiger partial charge in [0.2, 0.25) is 0 Å². The highest BCUT2D eigenvalue weighted by molar-refractivity contribution is 5.35. The fourth-order valence-electron chi connectivity index (χ4n) is 2.71. The first-order valence-electron chi connectivity index (χ1n) is 7.20. The molecule has 0 radical (unpaired) electrons. The van der Waals surface area contributed by atoms with Crippen LogP contribution < -0.4 is 5.32 Å². The zero-order valence-corrected chi connectivity index (χ0v) is 12.0. The Hall–Kier alpha value is -1.46. The summed E-state index contributed by atoms with van der Waals surface area (Å²) in [6, 6.07) is 7.39. The predicted octanol–water partition coefficient (Wildman–Crippen LogP) is 3.06. The molecule has 1 aliphatic rings. The fraction of sp³-hybridized carbons (Fsp3) is 0.600. The average molecular weight is 278 g/mol. The van der Waals surface area contributed by atoms with Gasteiger partial charge in [0.1, 0.15) is 0 Å². The highest BCUT2D eigenvalue weighted by Gasteiger charge is 2.24. The van der Waals surface area contributed by atoms with Gasteiger partial charge < -0.3 is 10.1 Å². The molecule has 1 heterocycles. The topological polar surface area (TPSA) is 64.4 Å². The largest absolute Gasteiger partial charge is 0.381 e. The summed E-state index contributed by atoms with van der Waals surface area (Å²) in [5.41, 5.74) is 1.13. The number of nitrogens with zero attached hydrogens (tertiary/aromatic N) is 1. The molecule has 0 bridgehead atoms. The second-order valence-electron chi connectivity index (χ2n) is 5.39. The molecular formula is C15H22N2O3. The Balaban J connectivity index is 2.07. The van der Waals surface area contributed by atoms with Gasteiger partial charge in [-0.1, -0.05) is 19.1 Å². The summed E-state index contributed by atoms with van der Waals surface area (Å²) in [6.07, 6.45) is 1.98. The Morgan fingerprint density at radius 3 is 2.95 bits per heavy atom. The predicted molar refractivity (Wildman–Crippen MR) is 77.7 cm³/mol. The average Bonchev–Trinajstić information content (AvgIpc) is 2.99. The van der Waals surface area contributed by atoms with Crippen LogP contribution >= 0.6 is 0 Å². The molecule has 0 amide bonds. The molecule has 1 N–H and O–H groups in total. The Morgan fingerprint density at radius 2 is 2.35 bits per heavy atom. The Kier molecular flexibility index (Phi) is 5.09. The summed E-state index contributed by atoms with van der Waals surface area (Å²) in [7, 11) is 0. The molecule has 110 valence electrons. The van der Waals surface area contributed by atoms with Crippen LogP contribution in [-0.4, -0.2) is 24.2 Å². The van der Waals surface area contributed by atoms with E-state index in [9.17, 15) is 10.1 Å². The first-order chi connectivity index (χ1) is 9.61. The second-order valence-corrected chi connectivity index (χ2v) is 5.39. The lowest BCUT2D eigenvalue weighted by molar-refractivity contribution is -0.384. The van der Waals surface area contributed by atoms with Gasteiger partial charge in [-0.3, -0.25) is 10.1 Å². The number of nitro benzene ring substituents is 1. The standard InChI is InChI=1S/C15H22N2O3/c1-3-15(16-11(2)13-7-8-20-10-13)12-5-4-6-14(9-12)17(18)19/h4-6,9,11,13,15-16H,3,7-8,10H2,1-2H3. The number of nitro groups is 1. The molecule has 1 aromatic rings. The van der Waals surface area contributed by atoms with Crippen LogP contribution in [0, 0.1) is 16.0 Å². The van der Waals surface area contributed by atoms with Crippen molar-refractivity contribution in [3.05, 3.63) is 39.9 Å². The van der Waals surface area contributed by atoms with E-state index in [4.69, 9.17) is 4.74 Å². The van der Waals surface area contributed by atoms with Crippen molar-refractivity contribution in [3.63, 3.8) is 0 Å². The lowest BCUT2D eigenvalue weighted by atomic mass is 9.97. The van der Waals surface area contributed by atoms with Gasteiger partial charge in [-0.05, 0) is 31.2 Å². The molecule has 3 atom stereocenters. The van der Waals surface area contributed by atoms with Crippen LogP contribution in [0.2, 0.25) is 0 Å². The molecule has 0 spiro atoms. The lowest BCUT2D eigenvalue weighted by Crippen LogP contribution is -2.36. The van der Waals surface area contributed by atoms with Crippen molar-refractivity contribution < 1.29 is 9.66 Å². The zero-order chi connectivity index (χ0) is 14.5. The number of ether oxygens (including phenoxy) is 1. The Bertz CT molecular complexity index is 458. The van der Waals surface area contributed by atoms with Crippen LogP contribution in [0.1, 0.15) is 38.3 Å². The van der Waals surface area contributed by atoms with E-state index >= 15 is 0 Å². The second kappa shape index (κ2) is 6.81. The highest BCUT2D eigenvalue weighted by atomic mass is 16.6. The van der Waals surface area contributed by atoms with Crippen LogP contribution in [-0.2, 0) is 4.74 Å². The van der Waals surface area contributed by atoms with Crippen LogP contribution in [0.25, 0.3) is 0 Å². The molecule has 20 heavy (non-hydrogen) atoms. The zero-order valence-electron chi connectivity index (χ0n) is 12.0. The Labute approximate surface area is 119 Å². The van der Waals surface area contributed by atoms with Gasteiger partial charge in [-0.2, -0.15) is 0 Å². The van der Waals surface area contributed by atoms with E-state index in [0.717, 1.165) is 31.6 Å². The molecule has 1 fully saturated rings. The number of non-ortho nitro benzene ring substituents is 1. The molecular weight excluding hydrogens is 256 g/mol. The maximum absolute atomic E-state index is 10.9. The quantitative estimate of drug-likeness (QED) is 0.641. The summed E-state index contributed by atoms with van der Waals surface area (Å²) in [5, 5.41) is 14.5. The summed E-state index contributed by atoms with van der Waals surface area (Å²) < 4.78 is 5.42. The smallest absolute Gasteiger partial charge is 0.269 e. The molecule has 0 aliphatic carbocycles. The van der Waals surface area contributed by atoms with Gasteiger partial charge in [-0.15, -0.1) is 0 Å². The SMILES string of the molecule is CCC(NC(C)C1CCOC1)c1cccc([N+](=O)[O-])c1. The first-order valence-corrected chi connectivity index (χ1v) is 7.20. The highest BCUT2D eigenvalue weighted by Crippen LogP contribution is 2.24. The van der Waals surface area contributed by atoms with Crippen LogP contribution in [0.4, 0.5) is 5.69 Å². The van der Waals surface area contributed by atoms with E-state index in [2.05, 4.69) is 19.2 Å². The molecule has 1 saturated heterocycles. The number of nitrogens with one attached hydrogen (secondary N) is 1. The maximum atomic E-state index is 10.9. The lowest BCUT2D eigenvalue weighted by Gasteiger charge is -2.26. The van der Waals surface area contributed by atoms with E-state index in [1.54, 1.807) is 12.1 Å². The number of benzene rings is 1. The van der Waals surface area contributed by atoms with Gasteiger partial charge >= 0.3 is 0 Å². The van der Waals surface area contributed by atoms with Crippen LogP contribution in [0.15, 0.2) is 24.3 Å². The van der Waals surface area contributed by atoms with Crippen molar-refractivity contribution in [2.24, 2.45) is 5.92 Å². The molecule has 0 aromatic heterocycles. The number of hydrogen-bond donors (Lipinski definition) is 1. The first kappa shape index (κ1) is 14.9. The van der Waals surface area contributed by atoms with Crippen molar-refractivity contribution >= 4 is 5.69 Å². The molecule has 1 aliphatic heterocycles. The summed E-state index contributed by atoms with van der Waals surface area (Å²) in [5.74, 6) is 0.530. The minimum absolute atomic E-state index is 0.144. The van der Waals surface area contributed by atoms with E-state index < -0.39 is 0 Å². The molecule has 1 aromatic carbocycles. The van der Waals surface area contributed by atoms with E-state index in [1.165, 1.54) is 6.07 Å². The van der Waals surface area contributed by atoms with Crippen LogP contribution in [0.5, 0.6) is 0 Å². The van der Waals surface area contributed by atoms with Crippen molar-refractivity contribution in [2.45, 2.75) is 38.8 Å². The van der Waals surface area contributed by atoms with Crippen molar-refractivity contribution in [3.8, 4) is 0 Å². The summed E-state index contributed by atoms with van der Waals surface area (Å²) in [4.78, 5) is 10.5. The minimum Gasteiger partial charge on any atom is -0.381 e. The summed E-state index contributed by atoms with van der Waals surface area (Å²) >= 11 is 0. The van der Waals surface area contributed by atoms with E-state index in [-0.39, 0.29) is 16.7 Å². The van der Waals surface area contributed by atoms with Gasteiger partial charge in [0.25, 0.3) is 5.69 Å². The van der Waals surface area contributed by atoms with Gasteiger partial charge in [0.05, 0.1) is 11.5 Å². The molecule has 3 unspecified atom stereocenters. The van der Waals surface area contributed by atoms with Gasteiger partial charge in [0, 0.05) is 30.8 Å². The van der Waals surface area contributed by atoms with Crippen molar-refractivity contribution in [1.29, 1.82) is 0 Å². The molecule has 5 heteroatoms. The molecule has 0 saturated carbocycles. The summed E-state index contributed by atoms with van der Waals surface area (Å²) in [6.45, 7) is 5.90. The molecule has 5 nitrogen and oxygen atoms in total. The van der Waals surface area contributed by atoms with E-state index in [0.29, 0.717) is 12.0 Å². The monoisotopic (exact) mass is 278 g/mol. The Morgan fingerprint density at radius 1 is 1.55 bits per heavy atom. The number of hydrogen-bond acceptors (Lipinski definition) is 4. The van der Waals surface area contributed by atoms with Crippen LogP contribution in [0.3, 0.4) is 0 Å². The fourth-order valence-corrected chi connectivity index (χ4v) is 2.71. The third-order valence-corrected chi connectivity index (χ3v) is 4.03. The normalized spacial score (nSPS) is 21.6. The van der Waals surface area contributed by atoms with Crippen molar-refractivity contribution in [1.82, 2.24) is 5.32 Å². The third-order valence-electron chi connectivity index (χ3n) is 4.03. The molecule has 2 rings (SSSR count). The number of rotatable bonds is 6. The minimum atomic E-state index is -0.343. The third kappa shape index (κ3) is 3.55. The maximum Gasteiger partial charge on any atom is 0.269 e. The van der Waals surface area contributed by atoms with Gasteiger partial charge in [0.15, 0.2) is 0 Å². The van der Waals surface area contributed by atoms with E-state index in [1.807, 2.05) is 6.07 Å². The van der Waals surface area contributed by atoms with Gasteiger partial charge in [-0.25, -0.2) is 0 Å². The van der Waals surface area contributed by atoms with Crippen molar-refractivity contribution in [2.75, 3.05) is 13.2 Å².